The number of hydrogen-bond acceptors (Lipinski definition) is 6. The molecule has 1 fully saturated rings. The van der Waals surface area contributed by atoms with Crippen molar-refractivity contribution in [2.24, 2.45) is 0 Å². The summed E-state index contributed by atoms with van der Waals surface area (Å²) < 4.78 is 5.49. The van der Waals surface area contributed by atoms with E-state index in [1.165, 1.54) is 17.0 Å². The number of aromatic hydroxyl groups is 2. The number of phenols is 2. The van der Waals surface area contributed by atoms with E-state index in [2.05, 4.69) is 10.6 Å². The zero-order valence-corrected chi connectivity index (χ0v) is 26.4. The quantitative estimate of drug-likeness (QED) is 0.214. The number of rotatable bonds is 9. The molecule has 1 aliphatic rings. The molecule has 4 rings (SSSR count). The van der Waals surface area contributed by atoms with Crippen molar-refractivity contribution in [1.82, 2.24) is 10.2 Å². The zero-order chi connectivity index (χ0) is 32.2. The van der Waals surface area contributed by atoms with E-state index < -0.39 is 35.6 Å². The van der Waals surface area contributed by atoms with E-state index in [4.69, 9.17) is 16.3 Å². The van der Waals surface area contributed by atoms with E-state index in [0.29, 0.717) is 34.7 Å². The van der Waals surface area contributed by atoms with E-state index in [1.54, 1.807) is 70.2 Å². The summed E-state index contributed by atoms with van der Waals surface area (Å²) in [4.78, 5) is 43.4. The highest BCUT2D eigenvalue weighted by atomic mass is 35.5. The van der Waals surface area contributed by atoms with Crippen molar-refractivity contribution >= 4 is 35.2 Å². The van der Waals surface area contributed by atoms with Crippen molar-refractivity contribution in [2.45, 2.75) is 84.0 Å². The lowest BCUT2D eigenvalue weighted by molar-refractivity contribution is -0.145. The molecule has 3 amide bonds. The summed E-state index contributed by atoms with van der Waals surface area (Å²) in [6, 6.07) is 14.0. The third-order valence-electron chi connectivity index (χ3n) is 7.65. The van der Waals surface area contributed by atoms with Crippen LogP contribution in [0.5, 0.6) is 11.5 Å². The van der Waals surface area contributed by atoms with Crippen LogP contribution in [0.4, 0.5) is 10.5 Å². The number of nitrogens with one attached hydrogen (secondary N) is 2. The Bertz CT molecular complexity index is 1490. The van der Waals surface area contributed by atoms with Crippen LogP contribution in [0.3, 0.4) is 0 Å². The molecular formula is C34H40ClN3O6. The molecule has 0 heterocycles. The second-order valence-corrected chi connectivity index (χ2v) is 12.6. The second kappa shape index (κ2) is 13.6. The van der Waals surface area contributed by atoms with Gasteiger partial charge in [-0.05, 0) is 88.8 Å². The maximum Gasteiger partial charge on any atom is 0.408 e. The van der Waals surface area contributed by atoms with Gasteiger partial charge in [-0.2, -0.15) is 0 Å². The molecular weight excluding hydrogens is 582 g/mol. The first-order valence-electron chi connectivity index (χ1n) is 14.7. The predicted molar refractivity (Wildman–Crippen MR) is 170 cm³/mol. The number of halogens is 1. The van der Waals surface area contributed by atoms with Crippen LogP contribution < -0.4 is 10.6 Å². The summed E-state index contributed by atoms with van der Waals surface area (Å²) in [5.41, 5.74) is 1.81. The normalized spacial score (nSPS) is 14.6. The van der Waals surface area contributed by atoms with Crippen LogP contribution >= 0.6 is 11.6 Å². The van der Waals surface area contributed by atoms with Gasteiger partial charge in [-0.3, -0.25) is 9.59 Å². The fraction of sp³-hybridized carbons (Fsp3) is 0.382. The molecule has 0 spiro atoms. The molecule has 44 heavy (non-hydrogen) atoms. The highest BCUT2D eigenvalue weighted by molar-refractivity contribution is 6.34. The van der Waals surface area contributed by atoms with Crippen LogP contribution in [0.15, 0.2) is 60.7 Å². The van der Waals surface area contributed by atoms with Gasteiger partial charge in [0.1, 0.15) is 29.2 Å². The lowest BCUT2D eigenvalue weighted by Crippen LogP contribution is -2.57. The maximum absolute atomic E-state index is 14.7. The summed E-state index contributed by atoms with van der Waals surface area (Å²) in [6.07, 6.45) is 1.43. The fourth-order valence-corrected chi connectivity index (χ4v) is 5.45. The van der Waals surface area contributed by atoms with Crippen LogP contribution in [0.25, 0.3) is 0 Å². The Kier molecular flexibility index (Phi) is 10.1. The average molecular weight is 622 g/mol. The lowest BCUT2D eigenvalue weighted by Gasteiger charge is -2.43. The zero-order valence-electron chi connectivity index (χ0n) is 25.7. The van der Waals surface area contributed by atoms with Gasteiger partial charge in [0.2, 0.25) is 5.91 Å². The van der Waals surface area contributed by atoms with Crippen molar-refractivity contribution in [3.05, 3.63) is 87.9 Å². The number of hydrogen-bond donors (Lipinski definition) is 4. The van der Waals surface area contributed by atoms with Crippen molar-refractivity contribution in [3.63, 3.8) is 0 Å². The smallest absolute Gasteiger partial charge is 0.408 e. The molecule has 1 aliphatic carbocycles. The Morgan fingerprint density at radius 1 is 0.977 bits per heavy atom. The number of ether oxygens (including phenoxy) is 1. The number of carbonyl (C=O) groups excluding carboxylic acids is 3. The average Bonchev–Trinajstić information content (AvgIpc) is 2.91. The highest BCUT2D eigenvalue weighted by Gasteiger charge is 2.43. The lowest BCUT2D eigenvalue weighted by atomic mass is 9.87. The number of carbonyl (C=O) groups is 3. The summed E-state index contributed by atoms with van der Waals surface area (Å²) in [6.45, 7) is 8.71. The minimum Gasteiger partial charge on any atom is -0.508 e. The summed E-state index contributed by atoms with van der Waals surface area (Å²) in [5, 5.41) is 27.0. The third-order valence-corrected chi connectivity index (χ3v) is 7.96. The van der Waals surface area contributed by atoms with Gasteiger partial charge in [-0.1, -0.05) is 54.1 Å². The SMILES string of the molecule is Cc1cccc(C(C(=O)Nc2c(C)cccc2Cl)N(C(=O)C(Cc2ccc(O)cc2)NC(=O)OC(C)(C)C)C2CCC2)c1O. The largest absolute Gasteiger partial charge is 0.508 e. The van der Waals surface area contributed by atoms with Crippen molar-refractivity contribution < 1.29 is 29.3 Å². The third kappa shape index (κ3) is 7.82. The summed E-state index contributed by atoms with van der Waals surface area (Å²) >= 11 is 6.46. The molecule has 0 radical (unpaired) electrons. The Hall–Kier alpha value is -4.24. The summed E-state index contributed by atoms with van der Waals surface area (Å²) in [5.74, 6) is -1.10. The molecule has 2 unspecified atom stereocenters. The van der Waals surface area contributed by atoms with E-state index in [1.807, 2.05) is 13.0 Å². The first kappa shape index (κ1) is 32.7. The number of phenolic OH excluding ortho intramolecular Hbond substituents is 2. The number of para-hydroxylation sites is 2. The minimum atomic E-state index is -1.24. The van der Waals surface area contributed by atoms with Crippen molar-refractivity contribution in [3.8, 4) is 11.5 Å². The molecule has 10 heteroatoms. The van der Waals surface area contributed by atoms with Gasteiger partial charge in [0.15, 0.2) is 0 Å². The number of benzene rings is 3. The number of anilines is 1. The number of aryl methyl sites for hydroxylation is 2. The van der Waals surface area contributed by atoms with E-state index >= 15 is 0 Å². The Morgan fingerprint density at radius 2 is 1.61 bits per heavy atom. The maximum atomic E-state index is 14.7. The molecule has 0 saturated heterocycles. The molecule has 0 bridgehead atoms. The highest BCUT2D eigenvalue weighted by Crippen LogP contribution is 2.39. The van der Waals surface area contributed by atoms with E-state index in [9.17, 15) is 24.6 Å². The van der Waals surface area contributed by atoms with Crippen LogP contribution in [0.2, 0.25) is 5.02 Å². The first-order chi connectivity index (χ1) is 20.7. The van der Waals surface area contributed by atoms with Gasteiger partial charge < -0.3 is 30.5 Å². The van der Waals surface area contributed by atoms with Gasteiger partial charge in [-0.15, -0.1) is 0 Å². The fourth-order valence-electron chi connectivity index (χ4n) is 5.18. The summed E-state index contributed by atoms with van der Waals surface area (Å²) in [7, 11) is 0. The predicted octanol–water partition coefficient (Wildman–Crippen LogP) is 6.56. The van der Waals surface area contributed by atoms with Crippen LogP contribution in [0, 0.1) is 13.8 Å². The molecule has 234 valence electrons. The molecule has 9 nitrogen and oxygen atoms in total. The number of amides is 3. The molecule has 3 aromatic rings. The van der Waals surface area contributed by atoms with Crippen molar-refractivity contribution in [1.29, 1.82) is 0 Å². The molecule has 1 saturated carbocycles. The Labute approximate surface area is 263 Å². The van der Waals surface area contributed by atoms with Gasteiger partial charge in [0.25, 0.3) is 5.91 Å². The Balaban J connectivity index is 1.80. The van der Waals surface area contributed by atoms with E-state index in [0.717, 1.165) is 12.0 Å². The topological polar surface area (TPSA) is 128 Å². The van der Waals surface area contributed by atoms with E-state index in [-0.39, 0.29) is 29.5 Å². The van der Waals surface area contributed by atoms with Crippen molar-refractivity contribution in [2.75, 3.05) is 5.32 Å². The van der Waals surface area contributed by atoms with Crippen LogP contribution in [0.1, 0.15) is 68.3 Å². The Morgan fingerprint density at radius 3 is 2.20 bits per heavy atom. The number of nitrogens with zero attached hydrogens (tertiary/aromatic N) is 1. The molecule has 4 N–H and O–H groups in total. The monoisotopic (exact) mass is 621 g/mol. The first-order valence-corrected chi connectivity index (χ1v) is 15.1. The molecule has 0 aromatic heterocycles. The molecule has 2 atom stereocenters. The standard InChI is InChI=1S/C34H40ClN3O6/c1-20-9-7-14-26(35)28(20)37-31(41)29(25-13-6-10-21(2)30(25)40)38(23-11-8-12-23)32(42)27(36-33(43)44-34(3,4)5)19-22-15-17-24(39)18-16-22/h6-7,9-10,13-18,23,27,29,39-40H,8,11-12,19H2,1-5H3,(H,36,43)(H,37,41). The minimum absolute atomic E-state index is 0.0642. The van der Waals surface area contributed by atoms with Gasteiger partial charge in [-0.25, -0.2) is 4.79 Å². The van der Waals surface area contributed by atoms with Gasteiger partial charge >= 0.3 is 6.09 Å². The van der Waals surface area contributed by atoms with Crippen LogP contribution in [-0.2, 0) is 20.7 Å². The second-order valence-electron chi connectivity index (χ2n) is 12.2. The van der Waals surface area contributed by atoms with Gasteiger partial charge in [0, 0.05) is 18.0 Å². The molecule has 3 aromatic carbocycles. The molecule has 0 aliphatic heterocycles. The van der Waals surface area contributed by atoms with Gasteiger partial charge in [0.05, 0.1) is 10.7 Å². The van der Waals surface area contributed by atoms with Crippen LogP contribution in [-0.4, -0.2) is 50.7 Å². The number of alkyl carbamates (subject to hydrolysis) is 1.